The highest BCUT2D eigenvalue weighted by atomic mass is 79.9. The average molecular weight is 307 g/mol. The second kappa shape index (κ2) is 5.61. The topological polar surface area (TPSA) is 45.9 Å². The Balaban J connectivity index is 2.18. The molecule has 1 aromatic heterocycles. The van der Waals surface area contributed by atoms with Crippen molar-refractivity contribution in [3.8, 4) is 11.8 Å². The molecule has 0 aliphatic carbocycles. The Bertz CT molecular complexity index is 610. The van der Waals surface area contributed by atoms with Crippen molar-refractivity contribution in [2.45, 2.75) is 6.61 Å². The van der Waals surface area contributed by atoms with E-state index < -0.39 is 5.82 Å². The summed E-state index contributed by atoms with van der Waals surface area (Å²) in [7, 11) is 0. The van der Waals surface area contributed by atoms with Crippen molar-refractivity contribution in [1.29, 1.82) is 5.26 Å². The van der Waals surface area contributed by atoms with Crippen LogP contribution in [0.1, 0.15) is 11.1 Å². The van der Waals surface area contributed by atoms with Gasteiger partial charge in [-0.15, -0.1) is 0 Å². The molecule has 0 amide bonds. The Morgan fingerprint density at radius 3 is 2.94 bits per heavy atom. The van der Waals surface area contributed by atoms with Crippen LogP contribution in [-0.2, 0) is 6.61 Å². The molecule has 0 aliphatic heterocycles. The van der Waals surface area contributed by atoms with Crippen molar-refractivity contribution in [3.63, 3.8) is 0 Å². The van der Waals surface area contributed by atoms with E-state index in [1.165, 1.54) is 18.2 Å². The summed E-state index contributed by atoms with van der Waals surface area (Å²) in [6.45, 7) is 0.116. The highest BCUT2D eigenvalue weighted by Crippen LogP contribution is 2.23. The van der Waals surface area contributed by atoms with Crippen LogP contribution in [-0.4, -0.2) is 4.98 Å². The third-order valence-corrected chi connectivity index (χ3v) is 2.89. The maximum atomic E-state index is 13.1. The van der Waals surface area contributed by atoms with Crippen LogP contribution >= 0.6 is 15.9 Å². The summed E-state index contributed by atoms with van der Waals surface area (Å²) in [5, 5.41) is 8.91. The van der Waals surface area contributed by atoms with Gasteiger partial charge in [0.25, 0.3) is 0 Å². The van der Waals surface area contributed by atoms with Crippen molar-refractivity contribution in [2.24, 2.45) is 0 Å². The van der Waals surface area contributed by atoms with Crippen molar-refractivity contribution in [1.82, 2.24) is 4.98 Å². The van der Waals surface area contributed by atoms with Crippen molar-refractivity contribution >= 4 is 15.9 Å². The second-order valence-electron chi connectivity index (χ2n) is 3.49. The highest BCUT2D eigenvalue weighted by molar-refractivity contribution is 9.10. The van der Waals surface area contributed by atoms with Crippen LogP contribution in [0.4, 0.5) is 4.39 Å². The molecular weight excluding hydrogens is 299 g/mol. The van der Waals surface area contributed by atoms with Crippen molar-refractivity contribution in [3.05, 3.63) is 58.1 Å². The number of halogens is 2. The number of ether oxygens (including phenoxy) is 1. The van der Waals surface area contributed by atoms with Crippen molar-refractivity contribution < 1.29 is 9.13 Å². The Morgan fingerprint density at radius 1 is 1.39 bits per heavy atom. The van der Waals surface area contributed by atoms with E-state index in [0.29, 0.717) is 21.5 Å². The van der Waals surface area contributed by atoms with Gasteiger partial charge in [0.05, 0.1) is 11.6 Å². The predicted molar refractivity (Wildman–Crippen MR) is 67.4 cm³/mol. The number of pyridine rings is 1. The molecule has 0 saturated heterocycles. The molecule has 90 valence electrons. The van der Waals surface area contributed by atoms with Gasteiger partial charge < -0.3 is 4.74 Å². The van der Waals surface area contributed by atoms with E-state index in [1.807, 2.05) is 6.07 Å². The number of nitriles is 1. The monoisotopic (exact) mass is 306 g/mol. The van der Waals surface area contributed by atoms with Gasteiger partial charge in [0.2, 0.25) is 0 Å². The molecule has 0 N–H and O–H groups in total. The van der Waals surface area contributed by atoms with E-state index in [4.69, 9.17) is 10.00 Å². The van der Waals surface area contributed by atoms with Crippen LogP contribution in [0.15, 0.2) is 41.1 Å². The first-order chi connectivity index (χ1) is 8.70. The molecule has 0 unspecified atom stereocenters. The summed E-state index contributed by atoms with van der Waals surface area (Å²) >= 11 is 3.24. The van der Waals surface area contributed by atoms with Gasteiger partial charge in [-0.3, -0.25) is 0 Å². The molecule has 0 saturated carbocycles. The van der Waals surface area contributed by atoms with Gasteiger partial charge in [-0.2, -0.15) is 5.26 Å². The van der Waals surface area contributed by atoms with Crippen LogP contribution in [0.2, 0.25) is 0 Å². The molecule has 0 radical (unpaired) electrons. The third kappa shape index (κ3) is 2.84. The number of nitrogens with zero attached hydrogens (tertiary/aromatic N) is 2. The Hall–Kier alpha value is -1.93. The molecule has 0 spiro atoms. The molecule has 2 rings (SSSR count). The average Bonchev–Trinajstić information content (AvgIpc) is 2.38. The lowest BCUT2D eigenvalue weighted by atomic mass is 10.1. The fraction of sp³-hybridized carbons (Fsp3) is 0.0769. The van der Waals surface area contributed by atoms with Crippen molar-refractivity contribution in [2.75, 3.05) is 0 Å². The predicted octanol–water partition coefficient (Wildman–Crippen LogP) is 3.43. The van der Waals surface area contributed by atoms with E-state index in [2.05, 4.69) is 20.9 Å². The zero-order valence-electron chi connectivity index (χ0n) is 9.23. The molecule has 2 aromatic rings. The molecule has 1 aromatic carbocycles. The largest absolute Gasteiger partial charge is 0.486 e. The van der Waals surface area contributed by atoms with Gasteiger partial charge in [-0.25, -0.2) is 9.37 Å². The summed E-state index contributed by atoms with van der Waals surface area (Å²) in [5.41, 5.74) is 0.907. The lowest BCUT2D eigenvalue weighted by Gasteiger charge is -2.08. The Morgan fingerprint density at radius 2 is 2.22 bits per heavy atom. The first kappa shape index (κ1) is 12.5. The van der Waals surface area contributed by atoms with Crippen LogP contribution in [0.3, 0.4) is 0 Å². The van der Waals surface area contributed by atoms with E-state index >= 15 is 0 Å². The number of hydrogen-bond acceptors (Lipinski definition) is 3. The van der Waals surface area contributed by atoms with Crippen LogP contribution in [0.25, 0.3) is 0 Å². The minimum absolute atomic E-state index is 0.116. The van der Waals surface area contributed by atoms with Gasteiger partial charge in [0.1, 0.15) is 17.0 Å². The van der Waals surface area contributed by atoms with Gasteiger partial charge in [-0.05, 0) is 46.3 Å². The standard InChI is InChI=1S/C13H8BrFN2O/c14-13-12(2-1-5-17-13)18-8-10-6-11(15)4-3-9(10)7-16/h1-6H,8H2. The fourth-order valence-corrected chi connectivity index (χ4v) is 1.79. The second-order valence-corrected chi connectivity index (χ2v) is 4.25. The molecular formula is C13H8BrFN2O. The first-order valence-electron chi connectivity index (χ1n) is 5.12. The molecule has 0 aliphatic rings. The lowest BCUT2D eigenvalue weighted by Crippen LogP contribution is -2.00. The lowest BCUT2D eigenvalue weighted by molar-refractivity contribution is 0.301. The molecule has 3 nitrogen and oxygen atoms in total. The quantitative estimate of drug-likeness (QED) is 0.816. The third-order valence-electron chi connectivity index (χ3n) is 2.30. The number of hydrogen-bond donors (Lipinski definition) is 0. The normalized spacial score (nSPS) is 9.83. The molecule has 1 heterocycles. The summed E-state index contributed by atoms with van der Waals surface area (Å²) in [6, 6.07) is 9.45. The Labute approximate surface area is 112 Å². The maximum absolute atomic E-state index is 13.1. The van der Waals surface area contributed by atoms with E-state index in [9.17, 15) is 4.39 Å². The fourth-order valence-electron chi connectivity index (χ4n) is 1.43. The number of rotatable bonds is 3. The van der Waals surface area contributed by atoms with Crippen LogP contribution in [0.5, 0.6) is 5.75 Å². The minimum Gasteiger partial charge on any atom is -0.486 e. The van der Waals surface area contributed by atoms with Crippen LogP contribution in [0, 0.1) is 17.1 Å². The van der Waals surface area contributed by atoms with Gasteiger partial charge >= 0.3 is 0 Å². The first-order valence-corrected chi connectivity index (χ1v) is 5.92. The summed E-state index contributed by atoms with van der Waals surface area (Å²) < 4.78 is 19.2. The van der Waals surface area contributed by atoms with Gasteiger partial charge in [-0.1, -0.05) is 0 Å². The SMILES string of the molecule is N#Cc1ccc(F)cc1COc1cccnc1Br. The van der Waals surface area contributed by atoms with Gasteiger partial charge in [0, 0.05) is 11.8 Å². The highest BCUT2D eigenvalue weighted by Gasteiger charge is 2.06. The smallest absolute Gasteiger partial charge is 0.152 e. The summed E-state index contributed by atoms with van der Waals surface area (Å²) in [6.07, 6.45) is 1.62. The zero-order valence-corrected chi connectivity index (χ0v) is 10.8. The van der Waals surface area contributed by atoms with Crippen LogP contribution < -0.4 is 4.74 Å². The molecule has 18 heavy (non-hydrogen) atoms. The maximum Gasteiger partial charge on any atom is 0.152 e. The summed E-state index contributed by atoms with van der Waals surface area (Å²) in [4.78, 5) is 4.00. The Kier molecular flexibility index (Phi) is 3.90. The van der Waals surface area contributed by atoms with Gasteiger partial charge in [0.15, 0.2) is 5.75 Å². The molecule has 0 atom stereocenters. The molecule has 0 bridgehead atoms. The number of benzene rings is 1. The zero-order chi connectivity index (χ0) is 13.0. The molecule has 5 heteroatoms. The van der Waals surface area contributed by atoms with E-state index in [0.717, 1.165) is 0 Å². The molecule has 0 fully saturated rings. The minimum atomic E-state index is -0.391. The summed E-state index contributed by atoms with van der Waals surface area (Å²) in [5.74, 6) is 0.156. The number of aromatic nitrogens is 1. The van der Waals surface area contributed by atoms with E-state index in [1.54, 1.807) is 18.3 Å². The van der Waals surface area contributed by atoms with E-state index in [-0.39, 0.29) is 6.61 Å².